The van der Waals surface area contributed by atoms with Gasteiger partial charge < -0.3 is 36.0 Å². The van der Waals surface area contributed by atoms with Crippen molar-refractivity contribution in [3.63, 3.8) is 0 Å². The standard InChI is InChI=1S/C52H57N3O6/c56-40-20-12-31(26-43(40)59)11-17-36-37-6-1-7-41(57)45(37)47(61)46(60)38(36)18-10-30-8-13-32(14-9-30)39-19-15-33-27-35-5-3-23-51(35)25-24-50-22-2-4-34(50)16-21-42(58)48(50)52(51,49(33)55-39)44-28-53-29-54-44/h1,6-9,11-14,16-17,20-21,26,28,33-35,39,42,48-49,55-61H,2-5,10,15,18-19,22-25,27,29H2/t33-,34-,35+,39-,42-,48-,49-,50+,51-,52-/m1/s1. The van der Waals surface area contributed by atoms with Crippen LogP contribution in [-0.4, -0.2) is 61.4 Å². The first-order valence-electron chi connectivity index (χ1n) is 22.8. The van der Waals surface area contributed by atoms with Gasteiger partial charge in [-0.3, -0.25) is 9.98 Å². The molecule has 0 bridgehead atoms. The molecular formula is C52H57N3O6. The van der Waals surface area contributed by atoms with Crippen molar-refractivity contribution in [1.29, 1.82) is 0 Å². The number of aryl methyl sites for hydroxylation is 1. The van der Waals surface area contributed by atoms with Gasteiger partial charge in [-0.1, -0.05) is 79.6 Å². The van der Waals surface area contributed by atoms with Crippen LogP contribution < -0.4 is 5.32 Å². The molecule has 4 saturated carbocycles. The summed E-state index contributed by atoms with van der Waals surface area (Å²) in [4.78, 5) is 10.1. The van der Waals surface area contributed by atoms with E-state index < -0.39 is 6.10 Å². The number of nitrogens with one attached hydrogen (secondary N) is 1. The SMILES string of the molecule is Oc1ccc(C=Cc2c(CCc3ccc([C@H]4CC[C@@H]5C[C@@H]6CCC[C@@]67CC[C@@]68CCC[C@@H]6C=C[C@@H](O)[C@H]8[C@]7(C6=NCN=C6)[C@@H]5N4)cc3)c(O)c(O)c3c(O)cccc23)cc1O. The number of hydrogen-bond donors (Lipinski definition) is 7. The molecule has 4 aromatic rings. The number of rotatable bonds is 7. The van der Waals surface area contributed by atoms with E-state index in [0.717, 1.165) is 18.4 Å². The molecule has 9 heteroatoms. The molecule has 7 aliphatic rings. The monoisotopic (exact) mass is 819 g/mol. The summed E-state index contributed by atoms with van der Waals surface area (Å²) in [6.45, 7) is 0.495. The van der Waals surface area contributed by atoms with Crippen molar-refractivity contribution in [2.24, 2.45) is 49.9 Å². The number of phenols is 5. The van der Waals surface area contributed by atoms with E-state index in [1.807, 2.05) is 12.1 Å². The van der Waals surface area contributed by atoms with Gasteiger partial charge in [0.25, 0.3) is 0 Å². The topological polar surface area (TPSA) is 158 Å². The summed E-state index contributed by atoms with van der Waals surface area (Å²) in [5.41, 5.74) is 5.31. The summed E-state index contributed by atoms with van der Waals surface area (Å²) in [6.07, 6.45) is 24.1. The molecule has 0 unspecified atom stereocenters. The van der Waals surface area contributed by atoms with Crippen LogP contribution in [0, 0.1) is 39.9 Å². The van der Waals surface area contributed by atoms with Crippen LogP contribution in [0.3, 0.4) is 0 Å². The van der Waals surface area contributed by atoms with Crippen molar-refractivity contribution in [2.45, 2.75) is 102 Å². The third-order valence-electron chi connectivity index (χ3n) is 17.3. The third-order valence-corrected chi connectivity index (χ3v) is 17.3. The molecule has 5 aliphatic carbocycles. The van der Waals surface area contributed by atoms with Crippen molar-refractivity contribution < 1.29 is 30.6 Å². The predicted molar refractivity (Wildman–Crippen MR) is 239 cm³/mol. The van der Waals surface area contributed by atoms with Gasteiger partial charge in [-0.25, -0.2) is 0 Å². The van der Waals surface area contributed by atoms with Crippen LogP contribution in [0.2, 0.25) is 0 Å². The van der Waals surface area contributed by atoms with Gasteiger partial charge in [-0.15, -0.1) is 0 Å². The fraction of sp³-hybridized carbons (Fsp3) is 0.462. The van der Waals surface area contributed by atoms with Crippen LogP contribution in [0.25, 0.3) is 22.9 Å². The van der Waals surface area contributed by atoms with Gasteiger partial charge in [-0.05, 0) is 145 Å². The lowest BCUT2D eigenvalue weighted by molar-refractivity contribution is -0.204. The molecule has 61 heavy (non-hydrogen) atoms. The predicted octanol–water partition coefficient (Wildman–Crippen LogP) is 9.52. The molecule has 4 aromatic carbocycles. The van der Waals surface area contributed by atoms with Gasteiger partial charge in [0.1, 0.15) is 12.4 Å². The second kappa shape index (κ2) is 14.5. The maximum absolute atomic E-state index is 12.4. The summed E-state index contributed by atoms with van der Waals surface area (Å²) in [6, 6.07) is 18.8. The summed E-state index contributed by atoms with van der Waals surface area (Å²) in [5, 5.41) is 70.8. The molecule has 1 saturated heterocycles. The van der Waals surface area contributed by atoms with Crippen molar-refractivity contribution in [3.05, 3.63) is 101 Å². The maximum Gasteiger partial charge on any atom is 0.169 e. The smallest absolute Gasteiger partial charge is 0.169 e. The highest BCUT2D eigenvalue weighted by Gasteiger charge is 2.77. The average Bonchev–Trinajstić information content (AvgIpc) is 4.05. The highest BCUT2D eigenvalue weighted by atomic mass is 16.3. The zero-order valence-corrected chi connectivity index (χ0v) is 34.7. The summed E-state index contributed by atoms with van der Waals surface area (Å²) < 4.78 is 0. The number of phenolic OH excluding ortho intramolecular Hbond substituents is 5. The Bertz CT molecular complexity index is 2530. The Hall–Kier alpha value is -5.12. The molecule has 11 rings (SSSR count). The lowest BCUT2D eigenvalue weighted by Gasteiger charge is -2.73. The Balaban J connectivity index is 0.910. The minimum Gasteiger partial charge on any atom is -0.507 e. The highest BCUT2D eigenvalue weighted by molar-refractivity contribution is 6.34. The van der Waals surface area contributed by atoms with Crippen LogP contribution in [0.5, 0.6) is 28.7 Å². The van der Waals surface area contributed by atoms with Crippen molar-refractivity contribution in [3.8, 4) is 28.7 Å². The fourth-order valence-electron chi connectivity index (χ4n) is 15.0. The van der Waals surface area contributed by atoms with Gasteiger partial charge >= 0.3 is 0 Å². The molecule has 2 spiro atoms. The fourth-order valence-corrected chi connectivity index (χ4v) is 15.0. The minimum atomic E-state index is -0.489. The van der Waals surface area contributed by atoms with Crippen molar-refractivity contribution >= 4 is 34.9 Å². The summed E-state index contributed by atoms with van der Waals surface area (Å²) >= 11 is 0. The van der Waals surface area contributed by atoms with Gasteiger partial charge in [0.15, 0.2) is 23.0 Å². The maximum atomic E-state index is 12.4. The van der Waals surface area contributed by atoms with Gasteiger partial charge in [0.2, 0.25) is 0 Å². The number of piperidine rings is 1. The first kappa shape index (κ1) is 38.8. The van der Waals surface area contributed by atoms with E-state index in [2.05, 4.69) is 47.9 Å². The van der Waals surface area contributed by atoms with Crippen molar-refractivity contribution in [2.75, 3.05) is 6.67 Å². The van der Waals surface area contributed by atoms with Crippen LogP contribution in [0.1, 0.15) is 104 Å². The molecule has 10 atom stereocenters. The molecule has 5 fully saturated rings. The van der Waals surface area contributed by atoms with Gasteiger partial charge in [0.05, 0.1) is 17.2 Å². The second-order valence-electron chi connectivity index (χ2n) is 19.6. The molecule has 0 radical (unpaired) electrons. The van der Waals surface area contributed by atoms with E-state index in [-0.39, 0.29) is 68.4 Å². The first-order valence-corrected chi connectivity index (χ1v) is 22.8. The molecular weight excluding hydrogens is 763 g/mol. The number of hydrogen-bond acceptors (Lipinski definition) is 9. The summed E-state index contributed by atoms with van der Waals surface area (Å²) in [5.74, 6) is 0.612. The number of aliphatic hydroxyl groups is 1. The van der Waals surface area contributed by atoms with Crippen LogP contribution in [0.15, 0.2) is 82.8 Å². The lowest BCUT2D eigenvalue weighted by atomic mass is 9.32. The molecule has 7 N–H and O–H groups in total. The van der Waals surface area contributed by atoms with E-state index >= 15 is 0 Å². The first-order chi connectivity index (χ1) is 29.6. The molecule has 2 heterocycles. The van der Waals surface area contributed by atoms with Crippen LogP contribution >= 0.6 is 0 Å². The van der Waals surface area contributed by atoms with Gasteiger partial charge in [-0.2, -0.15) is 0 Å². The molecule has 2 aliphatic heterocycles. The largest absolute Gasteiger partial charge is 0.507 e. The highest BCUT2D eigenvalue weighted by Crippen LogP contribution is 2.78. The van der Waals surface area contributed by atoms with E-state index in [1.54, 1.807) is 18.2 Å². The number of fused-ring (bicyclic) bond motifs is 4. The van der Waals surface area contributed by atoms with E-state index in [0.29, 0.717) is 59.3 Å². The minimum absolute atomic E-state index is 0.102. The number of allylic oxidation sites excluding steroid dienone is 1. The number of aliphatic hydroxyl groups excluding tert-OH is 1. The van der Waals surface area contributed by atoms with Crippen molar-refractivity contribution in [1.82, 2.24) is 5.32 Å². The lowest BCUT2D eigenvalue weighted by Crippen LogP contribution is -2.76. The zero-order valence-electron chi connectivity index (χ0n) is 34.7. The molecule has 0 amide bonds. The Labute approximate surface area is 357 Å². The van der Waals surface area contributed by atoms with E-state index in [4.69, 9.17) is 9.98 Å². The number of nitrogens with zero attached hydrogens (tertiary/aromatic N) is 2. The summed E-state index contributed by atoms with van der Waals surface area (Å²) in [7, 11) is 0. The van der Waals surface area contributed by atoms with E-state index in [1.165, 1.54) is 87.3 Å². The molecule has 0 aromatic heterocycles. The molecule has 316 valence electrons. The molecule has 9 nitrogen and oxygen atoms in total. The van der Waals surface area contributed by atoms with E-state index in [9.17, 15) is 30.6 Å². The number of benzene rings is 4. The quantitative estimate of drug-likeness (QED) is 0.0556. The zero-order chi connectivity index (χ0) is 41.7. The average molecular weight is 820 g/mol. The normalized spacial score (nSPS) is 34.8. The van der Waals surface area contributed by atoms with Crippen LogP contribution in [-0.2, 0) is 12.8 Å². The Morgan fingerprint density at radius 3 is 2.44 bits per heavy atom. The number of aromatic hydroxyl groups is 5. The van der Waals surface area contributed by atoms with Gasteiger partial charge in [0, 0.05) is 35.2 Å². The van der Waals surface area contributed by atoms with Crippen LogP contribution in [0.4, 0.5) is 0 Å². The Morgan fingerprint density at radius 2 is 1.62 bits per heavy atom. The Morgan fingerprint density at radius 1 is 0.770 bits per heavy atom. The third kappa shape index (κ3) is 5.64. The Kier molecular flexibility index (Phi) is 9.21. The number of aliphatic imine (C=N–C) groups is 2. The second-order valence-corrected chi connectivity index (χ2v) is 19.6.